The zero-order chi connectivity index (χ0) is 20.5. The van der Waals surface area contributed by atoms with Crippen LogP contribution in [0.5, 0.6) is 0 Å². The Hall–Kier alpha value is -2.54. The van der Waals surface area contributed by atoms with Crippen LogP contribution in [0.3, 0.4) is 0 Å². The number of fused-ring (bicyclic) bond motifs is 1. The van der Waals surface area contributed by atoms with Crippen molar-refractivity contribution in [3.8, 4) is 11.3 Å². The van der Waals surface area contributed by atoms with Gasteiger partial charge in [-0.15, -0.1) is 0 Å². The van der Waals surface area contributed by atoms with E-state index in [1.165, 1.54) is 11.4 Å². The van der Waals surface area contributed by atoms with E-state index >= 15 is 0 Å². The van der Waals surface area contributed by atoms with Crippen LogP contribution in [0.1, 0.15) is 0 Å². The normalized spacial score (nSPS) is 17.5. The van der Waals surface area contributed by atoms with Crippen molar-refractivity contribution in [1.29, 1.82) is 0 Å². The summed E-state index contributed by atoms with van der Waals surface area (Å²) in [6.07, 6.45) is 0. The van der Waals surface area contributed by atoms with Crippen molar-refractivity contribution in [1.82, 2.24) is 4.98 Å². The molecule has 0 amide bonds. The number of anilines is 3. The van der Waals surface area contributed by atoms with E-state index in [2.05, 4.69) is 28.0 Å². The van der Waals surface area contributed by atoms with Gasteiger partial charge in [-0.05, 0) is 42.5 Å². The fourth-order valence-electron chi connectivity index (χ4n) is 4.13. The molecule has 0 bridgehead atoms. The summed E-state index contributed by atoms with van der Waals surface area (Å²) in [5, 5.41) is 1.57. The van der Waals surface area contributed by atoms with Crippen molar-refractivity contribution >= 4 is 39.6 Å². The lowest BCUT2D eigenvalue weighted by Crippen LogP contribution is -2.38. The van der Waals surface area contributed by atoms with E-state index in [4.69, 9.17) is 31.8 Å². The molecular weight excluding hydrogens is 400 g/mol. The Kier molecular flexibility index (Phi) is 5.37. The molecule has 2 aliphatic rings. The standard InChI is InChI=1S/C23H25ClN4O2/c24-17-1-2-20-21(25)15-22(26-23(20)13-17)16-11-18(27-3-7-29-8-4-27)14-19(12-16)28-5-9-30-10-6-28/h1-2,11-15H,3-10H2,(H2,25,26). The maximum absolute atomic E-state index is 6.37. The quantitative estimate of drug-likeness (QED) is 0.689. The highest BCUT2D eigenvalue weighted by Crippen LogP contribution is 2.34. The molecule has 2 saturated heterocycles. The van der Waals surface area contributed by atoms with E-state index in [0.29, 0.717) is 10.7 Å². The molecule has 0 unspecified atom stereocenters. The summed E-state index contributed by atoms with van der Waals surface area (Å²) in [7, 11) is 0. The number of nitrogens with zero attached hydrogens (tertiary/aromatic N) is 3. The number of nitrogen functional groups attached to an aromatic ring is 1. The van der Waals surface area contributed by atoms with Gasteiger partial charge in [0.1, 0.15) is 0 Å². The molecule has 3 aromatic rings. The number of benzene rings is 2. The number of morpholine rings is 2. The summed E-state index contributed by atoms with van der Waals surface area (Å²) in [5.74, 6) is 0. The minimum absolute atomic E-state index is 0.655. The Labute approximate surface area is 181 Å². The predicted molar refractivity (Wildman–Crippen MR) is 123 cm³/mol. The lowest BCUT2D eigenvalue weighted by molar-refractivity contribution is 0.122. The minimum atomic E-state index is 0.655. The molecule has 2 N–H and O–H groups in total. The van der Waals surface area contributed by atoms with Crippen LogP contribution in [0, 0.1) is 0 Å². The average molecular weight is 425 g/mol. The molecule has 0 spiro atoms. The van der Waals surface area contributed by atoms with Crippen LogP contribution in [0.4, 0.5) is 17.1 Å². The molecule has 0 aliphatic carbocycles. The summed E-state index contributed by atoms with van der Waals surface area (Å²) in [4.78, 5) is 9.64. The highest BCUT2D eigenvalue weighted by Gasteiger charge is 2.18. The van der Waals surface area contributed by atoms with Gasteiger partial charge in [0, 0.05) is 59.2 Å². The van der Waals surface area contributed by atoms with Crippen molar-refractivity contribution in [2.45, 2.75) is 0 Å². The SMILES string of the molecule is Nc1cc(-c2cc(N3CCOCC3)cc(N3CCOCC3)c2)nc2cc(Cl)ccc12. The van der Waals surface area contributed by atoms with Crippen LogP contribution >= 0.6 is 11.6 Å². The van der Waals surface area contributed by atoms with E-state index < -0.39 is 0 Å². The van der Waals surface area contributed by atoms with Gasteiger partial charge in [0.05, 0.1) is 37.6 Å². The molecule has 156 valence electrons. The van der Waals surface area contributed by atoms with Crippen molar-refractivity contribution in [3.05, 3.63) is 47.5 Å². The fraction of sp³-hybridized carbons (Fsp3) is 0.348. The number of halogens is 1. The Morgan fingerprint density at radius 3 is 2.00 bits per heavy atom. The molecule has 2 aliphatic heterocycles. The molecule has 2 fully saturated rings. The topological polar surface area (TPSA) is 63.8 Å². The number of hydrogen-bond donors (Lipinski definition) is 1. The second-order valence-electron chi connectivity index (χ2n) is 7.70. The highest BCUT2D eigenvalue weighted by atomic mass is 35.5. The third-order valence-corrected chi connectivity index (χ3v) is 5.99. The smallest absolute Gasteiger partial charge is 0.0745 e. The van der Waals surface area contributed by atoms with E-state index in [1.807, 2.05) is 24.3 Å². The number of hydrogen-bond acceptors (Lipinski definition) is 6. The maximum Gasteiger partial charge on any atom is 0.0745 e. The maximum atomic E-state index is 6.37. The van der Waals surface area contributed by atoms with Gasteiger partial charge in [-0.2, -0.15) is 0 Å². The van der Waals surface area contributed by atoms with Gasteiger partial charge in [0.2, 0.25) is 0 Å². The van der Waals surface area contributed by atoms with E-state index in [9.17, 15) is 0 Å². The van der Waals surface area contributed by atoms with E-state index in [1.54, 1.807) is 0 Å². The average Bonchev–Trinajstić information content (AvgIpc) is 2.79. The van der Waals surface area contributed by atoms with Crippen molar-refractivity contribution < 1.29 is 9.47 Å². The second-order valence-corrected chi connectivity index (χ2v) is 8.13. The summed E-state index contributed by atoms with van der Waals surface area (Å²) in [5.41, 5.74) is 12.2. The molecule has 3 heterocycles. The number of aromatic nitrogens is 1. The number of ether oxygens (including phenoxy) is 2. The number of nitrogens with two attached hydrogens (primary N) is 1. The monoisotopic (exact) mass is 424 g/mol. The van der Waals surface area contributed by atoms with Crippen LogP contribution in [0.15, 0.2) is 42.5 Å². The Balaban J connectivity index is 1.61. The summed E-state index contributed by atoms with van der Waals surface area (Å²) < 4.78 is 11.1. The third kappa shape index (κ3) is 3.90. The molecule has 30 heavy (non-hydrogen) atoms. The Morgan fingerprint density at radius 1 is 0.800 bits per heavy atom. The molecule has 0 radical (unpaired) electrons. The summed E-state index contributed by atoms with van der Waals surface area (Å²) >= 11 is 6.21. The van der Waals surface area contributed by atoms with Gasteiger partial charge in [-0.1, -0.05) is 11.6 Å². The second kappa shape index (κ2) is 8.30. The van der Waals surface area contributed by atoms with Crippen LogP contribution in [0.2, 0.25) is 5.02 Å². The molecular formula is C23H25ClN4O2. The number of pyridine rings is 1. The van der Waals surface area contributed by atoms with Crippen molar-refractivity contribution in [2.24, 2.45) is 0 Å². The molecule has 5 rings (SSSR count). The van der Waals surface area contributed by atoms with Gasteiger partial charge in [0.25, 0.3) is 0 Å². The molecule has 0 saturated carbocycles. The Morgan fingerprint density at radius 2 is 1.40 bits per heavy atom. The van der Waals surface area contributed by atoms with E-state index in [-0.39, 0.29) is 0 Å². The molecule has 0 atom stereocenters. The van der Waals surface area contributed by atoms with E-state index in [0.717, 1.165) is 74.8 Å². The van der Waals surface area contributed by atoms with Crippen LogP contribution in [0.25, 0.3) is 22.2 Å². The van der Waals surface area contributed by atoms with Gasteiger partial charge < -0.3 is 25.0 Å². The van der Waals surface area contributed by atoms with Crippen LogP contribution in [-0.2, 0) is 9.47 Å². The predicted octanol–water partition coefficient (Wildman–Crippen LogP) is 3.81. The minimum Gasteiger partial charge on any atom is -0.398 e. The fourth-order valence-corrected chi connectivity index (χ4v) is 4.29. The first kappa shape index (κ1) is 19.4. The molecule has 7 heteroatoms. The molecule has 1 aromatic heterocycles. The van der Waals surface area contributed by atoms with Crippen molar-refractivity contribution in [2.75, 3.05) is 68.1 Å². The number of rotatable bonds is 3. The first-order chi connectivity index (χ1) is 14.7. The molecule has 6 nitrogen and oxygen atoms in total. The van der Waals surface area contributed by atoms with Gasteiger partial charge >= 0.3 is 0 Å². The van der Waals surface area contributed by atoms with Crippen molar-refractivity contribution in [3.63, 3.8) is 0 Å². The first-order valence-electron chi connectivity index (χ1n) is 10.3. The van der Waals surface area contributed by atoms with Gasteiger partial charge in [-0.25, -0.2) is 4.98 Å². The third-order valence-electron chi connectivity index (χ3n) is 5.75. The van der Waals surface area contributed by atoms with Gasteiger partial charge in [0.15, 0.2) is 0 Å². The molecule has 2 aromatic carbocycles. The zero-order valence-electron chi connectivity index (χ0n) is 16.8. The summed E-state index contributed by atoms with van der Waals surface area (Å²) in [6, 6.07) is 14.3. The van der Waals surface area contributed by atoms with Gasteiger partial charge in [-0.3, -0.25) is 0 Å². The van der Waals surface area contributed by atoms with Crippen LogP contribution < -0.4 is 15.5 Å². The summed E-state index contributed by atoms with van der Waals surface area (Å²) in [6.45, 7) is 6.52. The van der Waals surface area contributed by atoms with Crippen LogP contribution in [-0.4, -0.2) is 57.6 Å². The largest absolute Gasteiger partial charge is 0.398 e. The Bertz CT molecular complexity index is 1030. The lowest BCUT2D eigenvalue weighted by atomic mass is 10.0. The highest BCUT2D eigenvalue weighted by molar-refractivity contribution is 6.31. The first-order valence-corrected chi connectivity index (χ1v) is 10.7. The zero-order valence-corrected chi connectivity index (χ0v) is 17.6. The lowest BCUT2D eigenvalue weighted by Gasteiger charge is -2.33.